The highest BCUT2D eigenvalue weighted by molar-refractivity contribution is 6.90. The summed E-state index contributed by atoms with van der Waals surface area (Å²) in [6.07, 6.45) is 0. The van der Waals surface area contributed by atoms with Crippen molar-refractivity contribution in [3.05, 3.63) is 78.4 Å². The lowest BCUT2D eigenvalue weighted by Gasteiger charge is -2.28. The Hall–Kier alpha value is -1.47. The average molecular weight is 387 g/mol. The number of hydrogen-bond donors (Lipinski definition) is 2. The third kappa shape index (κ3) is 12.8. The van der Waals surface area contributed by atoms with E-state index in [9.17, 15) is 0 Å². The molecule has 0 aliphatic heterocycles. The summed E-state index contributed by atoms with van der Waals surface area (Å²) in [5, 5.41) is 2.75. The second kappa shape index (κ2) is 12.0. The van der Waals surface area contributed by atoms with Crippen LogP contribution in [0.4, 0.5) is 0 Å². The summed E-state index contributed by atoms with van der Waals surface area (Å²) < 4.78 is 3.74. The van der Waals surface area contributed by atoms with Gasteiger partial charge in [-0.15, -0.1) is 0 Å². The van der Waals surface area contributed by atoms with E-state index in [1.54, 1.807) is 0 Å². The molecule has 144 valence electrons. The minimum Gasteiger partial charge on any atom is -0.360 e. The number of rotatable bonds is 4. The van der Waals surface area contributed by atoms with Gasteiger partial charge in [0.1, 0.15) is 16.5 Å². The molecule has 4 heteroatoms. The summed E-state index contributed by atoms with van der Waals surface area (Å²) >= 11 is 0. The van der Waals surface area contributed by atoms with Crippen LogP contribution in [0.15, 0.2) is 67.2 Å². The lowest BCUT2D eigenvalue weighted by molar-refractivity contribution is 1.02. The van der Waals surface area contributed by atoms with E-state index in [1.165, 1.54) is 11.1 Å². The van der Waals surface area contributed by atoms with Gasteiger partial charge in [-0.25, -0.2) is 0 Å². The van der Waals surface area contributed by atoms with Gasteiger partial charge in [-0.1, -0.05) is 107 Å². The lowest BCUT2D eigenvalue weighted by Crippen LogP contribution is -2.55. The Morgan fingerprint density at radius 2 is 0.923 bits per heavy atom. The van der Waals surface area contributed by atoms with Crippen molar-refractivity contribution >= 4 is 22.0 Å². The zero-order valence-electron chi connectivity index (χ0n) is 18.0. The van der Waals surface area contributed by atoms with Crippen LogP contribution in [0, 0.1) is 0 Å². The molecule has 2 nitrogen and oxygen atoms in total. The molecule has 0 bridgehead atoms. The first-order valence-electron chi connectivity index (χ1n) is 9.17. The van der Waals surface area contributed by atoms with E-state index in [1.807, 2.05) is 50.5 Å². The molecule has 0 heterocycles. The zero-order valence-corrected chi connectivity index (χ0v) is 20.0. The smallest absolute Gasteiger partial charge is 0.109 e. The molecule has 2 rings (SSSR count). The highest BCUT2D eigenvalue weighted by atomic mass is 28.4. The molecule has 2 N–H and O–H groups in total. The molecule has 0 aliphatic carbocycles. The molecule has 0 fully saturated rings. The van der Waals surface area contributed by atoms with Crippen LogP contribution in [0.3, 0.4) is 0 Å². The van der Waals surface area contributed by atoms with Crippen molar-refractivity contribution in [3.8, 4) is 0 Å². The molecule has 0 amide bonds. The first kappa shape index (κ1) is 24.5. The van der Waals surface area contributed by atoms with Crippen molar-refractivity contribution in [2.75, 3.05) is 14.1 Å². The maximum Gasteiger partial charge on any atom is 0.109 e. The third-order valence-electron chi connectivity index (χ3n) is 2.99. The summed E-state index contributed by atoms with van der Waals surface area (Å²) in [7, 11) is 1.79. The summed E-state index contributed by atoms with van der Waals surface area (Å²) in [4.78, 5) is 0. The van der Waals surface area contributed by atoms with Crippen LogP contribution in [-0.4, -0.2) is 30.6 Å². The Morgan fingerprint density at radius 3 is 1.12 bits per heavy atom. The summed E-state index contributed by atoms with van der Waals surface area (Å²) in [5.41, 5.74) is 3.43. The molecule has 0 atom stereocenters. The second-order valence-corrected chi connectivity index (χ2v) is 18.3. The zero-order chi connectivity index (χ0) is 20.2. The fraction of sp³-hybridized carbons (Fsp3) is 0.364. The second-order valence-electron chi connectivity index (χ2n) is 8.34. The lowest BCUT2D eigenvalue weighted by atomic mass is 10.0. The Bertz CT molecular complexity index is 559. The van der Waals surface area contributed by atoms with Crippen LogP contribution >= 0.6 is 0 Å². The molecule has 0 saturated heterocycles. The summed E-state index contributed by atoms with van der Waals surface area (Å²) in [6.45, 7) is 18.2. The van der Waals surface area contributed by atoms with E-state index in [0.717, 1.165) is 5.57 Å². The molecule has 0 saturated carbocycles. The molecule has 0 spiro atoms. The first-order chi connectivity index (χ1) is 12.0. The van der Waals surface area contributed by atoms with Crippen molar-refractivity contribution in [2.45, 2.75) is 39.3 Å². The molecule has 0 aliphatic rings. The van der Waals surface area contributed by atoms with E-state index in [4.69, 9.17) is 0 Å². The van der Waals surface area contributed by atoms with Crippen molar-refractivity contribution in [3.63, 3.8) is 0 Å². The minimum atomic E-state index is -0.981. The van der Waals surface area contributed by atoms with E-state index in [-0.39, 0.29) is 0 Å². The fourth-order valence-electron chi connectivity index (χ4n) is 2.57. The van der Waals surface area contributed by atoms with E-state index in [0.29, 0.717) is 0 Å². The summed E-state index contributed by atoms with van der Waals surface area (Å²) in [5.74, 6) is 0. The standard InChI is InChI=1S/C14H12.C6H19NSi2.C2H7N/c1-12(13-8-4-2-5-9-13)14-10-6-3-7-11-14;1-8(2,3)7-9(4,5)6;1-3-2/h2-11H,1H2;7H,1-6H3;3H,1-2H3. The van der Waals surface area contributed by atoms with Crippen LogP contribution in [0.5, 0.6) is 0 Å². The van der Waals surface area contributed by atoms with Crippen molar-refractivity contribution < 1.29 is 0 Å². The van der Waals surface area contributed by atoms with Gasteiger partial charge in [-0.05, 0) is 30.8 Å². The van der Waals surface area contributed by atoms with Gasteiger partial charge in [0.2, 0.25) is 0 Å². The summed E-state index contributed by atoms with van der Waals surface area (Å²) in [6, 6.07) is 20.5. The van der Waals surface area contributed by atoms with Crippen LogP contribution in [0.2, 0.25) is 39.3 Å². The third-order valence-corrected chi connectivity index (χ3v) is 8.99. The van der Waals surface area contributed by atoms with Crippen molar-refractivity contribution in [1.82, 2.24) is 9.96 Å². The molecule has 0 aromatic heterocycles. The van der Waals surface area contributed by atoms with Gasteiger partial charge in [0.05, 0.1) is 0 Å². The minimum absolute atomic E-state index is 0.981. The average Bonchev–Trinajstić information content (AvgIpc) is 2.54. The Balaban J connectivity index is 0.000000452. The number of benzene rings is 2. The van der Waals surface area contributed by atoms with Crippen LogP contribution < -0.4 is 9.96 Å². The van der Waals surface area contributed by atoms with Crippen LogP contribution in [0.1, 0.15) is 11.1 Å². The van der Waals surface area contributed by atoms with Crippen molar-refractivity contribution in [1.29, 1.82) is 0 Å². The normalized spacial score (nSPS) is 10.8. The Morgan fingerprint density at radius 1 is 0.654 bits per heavy atom. The molecule has 2 aromatic carbocycles. The highest BCUT2D eigenvalue weighted by Crippen LogP contribution is 2.20. The molecule has 2 aromatic rings. The SMILES string of the molecule is C=C(c1ccccc1)c1ccccc1.CNC.C[Si](C)(C)N[Si](C)(C)C. The van der Waals surface area contributed by atoms with Crippen molar-refractivity contribution in [2.24, 2.45) is 0 Å². The van der Waals surface area contributed by atoms with Crippen LogP contribution in [0.25, 0.3) is 5.57 Å². The topological polar surface area (TPSA) is 24.1 Å². The van der Waals surface area contributed by atoms with Gasteiger partial charge in [-0.3, -0.25) is 0 Å². The van der Waals surface area contributed by atoms with E-state index in [2.05, 4.69) is 80.1 Å². The maximum atomic E-state index is 4.10. The molecule has 0 unspecified atom stereocenters. The monoisotopic (exact) mass is 386 g/mol. The predicted octanol–water partition coefficient (Wildman–Crippen LogP) is 5.83. The van der Waals surface area contributed by atoms with Gasteiger partial charge >= 0.3 is 0 Å². The van der Waals surface area contributed by atoms with Gasteiger partial charge in [-0.2, -0.15) is 0 Å². The molecule has 26 heavy (non-hydrogen) atoms. The Kier molecular flexibility index (Phi) is 11.3. The molecule has 0 radical (unpaired) electrons. The Labute approximate surface area is 163 Å². The van der Waals surface area contributed by atoms with Crippen LogP contribution in [-0.2, 0) is 0 Å². The largest absolute Gasteiger partial charge is 0.360 e. The maximum absolute atomic E-state index is 4.10. The molecular formula is C22H38N2Si2. The van der Waals surface area contributed by atoms with Gasteiger partial charge < -0.3 is 9.96 Å². The van der Waals surface area contributed by atoms with Gasteiger partial charge in [0, 0.05) is 0 Å². The fourth-order valence-corrected chi connectivity index (χ4v) is 11.6. The first-order valence-corrected chi connectivity index (χ1v) is 16.2. The molecular weight excluding hydrogens is 348 g/mol. The number of hydrogen-bond acceptors (Lipinski definition) is 2. The quantitative estimate of drug-likeness (QED) is 0.646. The van der Waals surface area contributed by atoms with Gasteiger partial charge in [0.15, 0.2) is 0 Å². The number of nitrogens with one attached hydrogen (secondary N) is 2. The van der Waals surface area contributed by atoms with E-state index >= 15 is 0 Å². The van der Waals surface area contributed by atoms with E-state index < -0.39 is 16.5 Å². The predicted molar refractivity (Wildman–Crippen MR) is 126 cm³/mol. The van der Waals surface area contributed by atoms with Gasteiger partial charge in [0.25, 0.3) is 0 Å². The highest BCUT2D eigenvalue weighted by Gasteiger charge is 2.22.